The van der Waals surface area contributed by atoms with Crippen LogP contribution in [0.2, 0.25) is 0 Å². The fourth-order valence-electron chi connectivity index (χ4n) is 2.38. The van der Waals surface area contributed by atoms with E-state index in [0.29, 0.717) is 23.6 Å². The van der Waals surface area contributed by atoms with E-state index in [2.05, 4.69) is 15.2 Å². The first-order valence-electron chi connectivity index (χ1n) is 6.91. The summed E-state index contributed by atoms with van der Waals surface area (Å²) in [6, 6.07) is 5.30. The normalized spacial score (nSPS) is 16.0. The monoisotopic (exact) mass is 319 g/mol. The van der Waals surface area contributed by atoms with E-state index in [4.69, 9.17) is 9.47 Å². The molecular formula is C15H17N3O3S. The highest BCUT2D eigenvalue weighted by Crippen LogP contribution is 2.32. The average molecular weight is 319 g/mol. The number of hydrogen-bond donors (Lipinski definition) is 1. The topological polar surface area (TPSA) is 63.2 Å². The molecule has 0 bridgehead atoms. The Bertz CT molecular complexity index is 657. The molecule has 0 fully saturated rings. The van der Waals surface area contributed by atoms with Crippen LogP contribution in [0.3, 0.4) is 0 Å². The largest absolute Gasteiger partial charge is 0.497 e. The maximum absolute atomic E-state index is 12.3. The van der Waals surface area contributed by atoms with E-state index in [1.807, 2.05) is 5.41 Å². The summed E-state index contributed by atoms with van der Waals surface area (Å²) in [5.74, 6) is 1.18. The minimum atomic E-state index is -0.0801. The quantitative estimate of drug-likeness (QED) is 0.902. The molecule has 3 rings (SSSR count). The van der Waals surface area contributed by atoms with E-state index >= 15 is 0 Å². The predicted molar refractivity (Wildman–Crippen MR) is 87.5 cm³/mol. The van der Waals surface area contributed by atoms with Crippen molar-refractivity contribution in [3.63, 3.8) is 0 Å². The van der Waals surface area contributed by atoms with Crippen LogP contribution in [0.1, 0.15) is 6.42 Å². The number of nitrogens with one attached hydrogen (secondary N) is 1. The first kappa shape index (κ1) is 14.8. The van der Waals surface area contributed by atoms with E-state index in [-0.39, 0.29) is 5.91 Å². The van der Waals surface area contributed by atoms with Gasteiger partial charge in [0.05, 0.1) is 32.9 Å². The molecular weight excluding hydrogens is 302 g/mol. The van der Waals surface area contributed by atoms with Crippen molar-refractivity contribution >= 4 is 28.5 Å². The molecule has 0 aromatic heterocycles. The Balaban J connectivity index is 1.66. The molecule has 2 aliphatic rings. The Labute approximate surface area is 133 Å². The Morgan fingerprint density at radius 3 is 3.05 bits per heavy atom. The molecule has 1 N–H and O–H groups in total. The first-order chi connectivity index (χ1) is 10.7. The zero-order chi connectivity index (χ0) is 15.5. The Morgan fingerprint density at radius 2 is 2.27 bits per heavy atom. The summed E-state index contributed by atoms with van der Waals surface area (Å²) in [6.07, 6.45) is 0.321. The van der Waals surface area contributed by atoms with Gasteiger partial charge in [0.15, 0.2) is 5.17 Å². The summed E-state index contributed by atoms with van der Waals surface area (Å²) in [4.78, 5) is 18.7. The van der Waals surface area contributed by atoms with Gasteiger partial charge in [0.1, 0.15) is 11.5 Å². The fraction of sp³-hybridized carbons (Fsp3) is 0.333. The number of ether oxygens (including phenoxy) is 2. The number of carbonyl (C=O) groups is 1. The highest BCUT2D eigenvalue weighted by molar-refractivity contribution is 8.16. The number of hydrogen-bond acceptors (Lipinski definition) is 6. The molecule has 6 nitrogen and oxygen atoms in total. The smallest absolute Gasteiger partial charge is 0.230 e. The molecule has 0 unspecified atom stereocenters. The van der Waals surface area contributed by atoms with E-state index in [0.717, 1.165) is 24.0 Å². The van der Waals surface area contributed by atoms with Gasteiger partial charge < -0.3 is 19.7 Å². The van der Waals surface area contributed by atoms with E-state index in [9.17, 15) is 4.79 Å². The van der Waals surface area contributed by atoms with Gasteiger partial charge >= 0.3 is 0 Å². The van der Waals surface area contributed by atoms with Crippen molar-refractivity contribution < 1.29 is 14.3 Å². The van der Waals surface area contributed by atoms with Crippen LogP contribution < -0.4 is 14.8 Å². The SMILES string of the molecule is COc1ccc(NC(=O)CC2=CSC3=NCCN23)c(OC)c1. The Kier molecular flexibility index (Phi) is 4.24. The van der Waals surface area contributed by atoms with Crippen LogP contribution in [0.4, 0.5) is 5.69 Å². The number of rotatable bonds is 5. The van der Waals surface area contributed by atoms with Crippen LogP contribution in [0.15, 0.2) is 34.3 Å². The van der Waals surface area contributed by atoms with Gasteiger partial charge in [-0.1, -0.05) is 11.8 Å². The maximum atomic E-state index is 12.3. The lowest BCUT2D eigenvalue weighted by molar-refractivity contribution is -0.115. The molecule has 0 saturated heterocycles. The van der Waals surface area contributed by atoms with Crippen LogP contribution in [-0.4, -0.2) is 43.3 Å². The van der Waals surface area contributed by atoms with Gasteiger partial charge in [-0.05, 0) is 17.5 Å². The third kappa shape index (κ3) is 2.89. The van der Waals surface area contributed by atoms with Crippen LogP contribution >= 0.6 is 11.8 Å². The standard InChI is InChI=1S/C15H17N3O3S/c1-20-11-3-4-12(13(8-11)21-2)17-14(19)7-10-9-22-15-16-5-6-18(10)15/h3-4,8-9H,5-7H2,1-2H3,(H,17,19). The molecule has 2 heterocycles. The van der Waals surface area contributed by atoms with Gasteiger partial charge in [-0.2, -0.15) is 0 Å². The maximum Gasteiger partial charge on any atom is 0.230 e. The number of methoxy groups -OCH3 is 2. The third-order valence-electron chi connectivity index (χ3n) is 3.47. The number of amides is 1. The molecule has 2 aliphatic heterocycles. The minimum Gasteiger partial charge on any atom is -0.497 e. The fourth-order valence-corrected chi connectivity index (χ4v) is 3.33. The number of aliphatic imine (C=N–C) groups is 1. The van der Waals surface area contributed by atoms with Gasteiger partial charge in [0, 0.05) is 18.3 Å². The molecule has 0 aliphatic carbocycles. The molecule has 1 amide bonds. The highest BCUT2D eigenvalue weighted by Gasteiger charge is 2.27. The highest BCUT2D eigenvalue weighted by atomic mass is 32.2. The second kappa shape index (κ2) is 6.31. The van der Waals surface area contributed by atoms with Gasteiger partial charge in [-0.3, -0.25) is 9.79 Å². The lowest BCUT2D eigenvalue weighted by Crippen LogP contribution is -2.24. The summed E-state index contributed by atoms with van der Waals surface area (Å²) >= 11 is 1.57. The Hall–Kier alpha value is -2.15. The first-order valence-corrected chi connectivity index (χ1v) is 7.79. The van der Waals surface area contributed by atoms with Gasteiger partial charge in [0.25, 0.3) is 0 Å². The molecule has 1 aromatic rings. The van der Waals surface area contributed by atoms with Crippen molar-refractivity contribution in [2.75, 3.05) is 32.6 Å². The molecule has 0 atom stereocenters. The van der Waals surface area contributed by atoms with Crippen molar-refractivity contribution in [1.29, 1.82) is 0 Å². The van der Waals surface area contributed by atoms with E-state index in [1.165, 1.54) is 0 Å². The second-order valence-corrected chi connectivity index (χ2v) is 5.67. The Morgan fingerprint density at radius 1 is 1.41 bits per heavy atom. The lowest BCUT2D eigenvalue weighted by Gasteiger charge is -2.17. The van der Waals surface area contributed by atoms with E-state index < -0.39 is 0 Å². The zero-order valence-corrected chi connectivity index (χ0v) is 13.3. The van der Waals surface area contributed by atoms with Gasteiger partial charge in [-0.15, -0.1) is 0 Å². The van der Waals surface area contributed by atoms with Crippen LogP contribution in [0.25, 0.3) is 0 Å². The van der Waals surface area contributed by atoms with Crippen molar-refractivity contribution in [2.24, 2.45) is 4.99 Å². The van der Waals surface area contributed by atoms with Crippen LogP contribution in [-0.2, 0) is 4.79 Å². The van der Waals surface area contributed by atoms with Crippen molar-refractivity contribution in [3.8, 4) is 11.5 Å². The molecule has 7 heteroatoms. The summed E-state index contributed by atoms with van der Waals surface area (Å²) < 4.78 is 10.4. The van der Waals surface area contributed by atoms with Crippen molar-refractivity contribution in [1.82, 2.24) is 4.90 Å². The number of nitrogens with zero attached hydrogens (tertiary/aromatic N) is 2. The number of thioether (sulfide) groups is 1. The molecule has 116 valence electrons. The molecule has 1 aromatic carbocycles. The summed E-state index contributed by atoms with van der Waals surface area (Å²) in [5, 5.41) is 5.86. The van der Waals surface area contributed by atoms with Crippen molar-refractivity contribution in [2.45, 2.75) is 6.42 Å². The minimum absolute atomic E-state index is 0.0801. The lowest BCUT2D eigenvalue weighted by atomic mass is 10.2. The summed E-state index contributed by atoms with van der Waals surface area (Å²) in [6.45, 7) is 1.65. The molecule has 0 radical (unpaired) electrons. The number of fused-ring (bicyclic) bond motifs is 1. The summed E-state index contributed by atoms with van der Waals surface area (Å²) in [7, 11) is 3.15. The van der Waals surface area contributed by atoms with Gasteiger partial charge in [0.2, 0.25) is 5.91 Å². The molecule has 0 spiro atoms. The average Bonchev–Trinajstić information content (AvgIpc) is 3.13. The molecule has 0 saturated carbocycles. The summed E-state index contributed by atoms with van der Waals surface area (Å²) in [5.41, 5.74) is 1.63. The van der Waals surface area contributed by atoms with E-state index in [1.54, 1.807) is 44.2 Å². The van der Waals surface area contributed by atoms with Gasteiger partial charge in [-0.25, -0.2) is 0 Å². The van der Waals surface area contributed by atoms with Crippen molar-refractivity contribution in [3.05, 3.63) is 29.3 Å². The third-order valence-corrected chi connectivity index (χ3v) is 4.42. The second-order valence-electron chi connectivity index (χ2n) is 4.83. The number of anilines is 1. The van der Waals surface area contributed by atoms with Crippen LogP contribution in [0.5, 0.6) is 11.5 Å². The zero-order valence-electron chi connectivity index (χ0n) is 12.5. The molecule has 22 heavy (non-hydrogen) atoms. The number of amidine groups is 1. The van der Waals surface area contributed by atoms with Crippen LogP contribution in [0, 0.1) is 0 Å². The predicted octanol–water partition coefficient (Wildman–Crippen LogP) is 2.29. The number of carbonyl (C=O) groups excluding carboxylic acids is 1. The number of benzene rings is 1.